The molecule has 3 heteroatoms. The lowest BCUT2D eigenvalue weighted by molar-refractivity contribution is -0.499. The van der Waals surface area contributed by atoms with Gasteiger partial charge in [0, 0.05) is 11.3 Å². The second-order valence-electron chi connectivity index (χ2n) is 5.25. The Morgan fingerprint density at radius 1 is 1.21 bits per heavy atom. The normalized spacial score (nSPS) is 42.9. The van der Waals surface area contributed by atoms with Gasteiger partial charge in [0.15, 0.2) is 0 Å². The van der Waals surface area contributed by atoms with Crippen LogP contribution in [0.15, 0.2) is 0 Å². The molecule has 1 unspecified atom stereocenters. The molecule has 3 aliphatic rings. The van der Waals surface area contributed by atoms with Crippen LogP contribution in [-0.2, 0) is 14.2 Å². The van der Waals surface area contributed by atoms with E-state index >= 15 is 0 Å². The molecule has 1 atom stereocenters. The van der Waals surface area contributed by atoms with Crippen molar-refractivity contribution in [2.45, 2.75) is 46.2 Å². The highest BCUT2D eigenvalue weighted by Gasteiger charge is 2.56. The molecule has 0 aromatic carbocycles. The predicted octanol–water partition coefficient (Wildman–Crippen LogP) is 2.16. The summed E-state index contributed by atoms with van der Waals surface area (Å²) in [6.07, 6.45) is 1.34. The molecule has 3 rings (SSSR count). The second-order valence-corrected chi connectivity index (χ2v) is 5.25. The van der Waals surface area contributed by atoms with Crippen LogP contribution in [0.5, 0.6) is 0 Å². The Hall–Kier alpha value is -0.120. The van der Waals surface area contributed by atoms with Crippen molar-refractivity contribution >= 4 is 0 Å². The van der Waals surface area contributed by atoms with Crippen LogP contribution in [0.1, 0.15) is 34.1 Å². The first-order valence-corrected chi connectivity index (χ1v) is 5.44. The summed E-state index contributed by atoms with van der Waals surface area (Å²) in [5, 5.41) is 0. The van der Waals surface area contributed by atoms with Gasteiger partial charge in [-0.25, -0.2) is 0 Å². The molecule has 0 N–H and O–H groups in total. The number of hydrogen-bond acceptors (Lipinski definition) is 3. The van der Waals surface area contributed by atoms with Gasteiger partial charge < -0.3 is 14.2 Å². The minimum atomic E-state index is -0.803. The van der Waals surface area contributed by atoms with Crippen molar-refractivity contribution in [2.75, 3.05) is 13.2 Å². The molecule has 0 radical (unpaired) electrons. The maximum absolute atomic E-state index is 5.94. The third-order valence-electron chi connectivity index (χ3n) is 3.13. The van der Waals surface area contributed by atoms with Crippen LogP contribution in [-0.4, -0.2) is 25.3 Å². The van der Waals surface area contributed by atoms with Gasteiger partial charge in [-0.1, -0.05) is 27.7 Å². The van der Waals surface area contributed by atoms with Crippen molar-refractivity contribution in [1.82, 2.24) is 0 Å². The lowest BCUT2D eigenvalue weighted by Gasteiger charge is -2.54. The summed E-state index contributed by atoms with van der Waals surface area (Å²) >= 11 is 0. The van der Waals surface area contributed by atoms with Crippen LogP contribution in [0.25, 0.3) is 0 Å². The summed E-state index contributed by atoms with van der Waals surface area (Å²) in [6.45, 7) is 9.97. The van der Waals surface area contributed by atoms with E-state index in [0.29, 0.717) is 12.0 Å². The van der Waals surface area contributed by atoms with Crippen molar-refractivity contribution in [3.05, 3.63) is 0 Å². The van der Waals surface area contributed by atoms with Gasteiger partial charge in [0.2, 0.25) is 0 Å². The van der Waals surface area contributed by atoms with Crippen LogP contribution in [0.2, 0.25) is 0 Å². The third kappa shape index (κ3) is 1.38. The number of hydrogen-bond donors (Lipinski definition) is 0. The summed E-state index contributed by atoms with van der Waals surface area (Å²) < 4.78 is 17.4. The molecule has 3 aliphatic heterocycles. The predicted molar refractivity (Wildman–Crippen MR) is 52.7 cm³/mol. The van der Waals surface area contributed by atoms with E-state index in [1.54, 1.807) is 0 Å². The number of rotatable bonds is 1. The molecule has 0 spiro atoms. The van der Waals surface area contributed by atoms with E-state index < -0.39 is 5.97 Å². The maximum atomic E-state index is 5.94. The fourth-order valence-electron chi connectivity index (χ4n) is 2.13. The largest absolute Gasteiger partial charge is 0.327 e. The molecular weight excluding hydrogens is 180 g/mol. The van der Waals surface area contributed by atoms with Gasteiger partial charge >= 0.3 is 0 Å². The molecule has 82 valence electrons. The quantitative estimate of drug-likeness (QED) is 0.649. The molecule has 0 saturated carbocycles. The topological polar surface area (TPSA) is 27.7 Å². The van der Waals surface area contributed by atoms with E-state index in [1.807, 2.05) is 0 Å². The molecule has 0 aliphatic carbocycles. The first-order valence-electron chi connectivity index (χ1n) is 5.44. The standard InChI is InChI=1S/C11H20O3/c1-5-9-8-6-12-11(14-9,13-7-8)10(2,3)4/h8-9H,5-7H2,1-4H3. The van der Waals surface area contributed by atoms with Crippen LogP contribution >= 0.6 is 0 Å². The Labute approximate surface area is 85.7 Å². The highest BCUT2D eigenvalue weighted by atomic mass is 16.9. The molecule has 3 nitrogen and oxygen atoms in total. The van der Waals surface area contributed by atoms with Gasteiger partial charge in [-0.2, -0.15) is 0 Å². The fraction of sp³-hybridized carbons (Fsp3) is 1.00. The zero-order valence-corrected chi connectivity index (χ0v) is 9.50. The van der Waals surface area contributed by atoms with E-state index in [2.05, 4.69) is 27.7 Å². The minimum Gasteiger partial charge on any atom is -0.327 e. The summed E-state index contributed by atoms with van der Waals surface area (Å²) in [4.78, 5) is 0. The Kier molecular flexibility index (Phi) is 2.37. The second kappa shape index (κ2) is 3.19. The first kappa shape index (κ1) is 10.4. The third-order valence-corrected chi connectivity index (χ3v) is 3.13. The van der Waals surface area contributed by atoms with Crippen molar-refractivity contribution in [3.8, 4) is 0 Å². The summed E-state index contributed by atoms with van der Waals surface area (Å²) in [5.41, 5.74) is -0.133. The lowest BCUT2D eigenvalue weighted by Crippen LogP contribution is -2.63. The van der Waals surface area contributed by atoms with Crippen molar-refractivity contribution in [2.24, 2.45) is 11.3 Å². The van der Waals surface area contributed by atoms with Gasteiger partial charge in [0.25, 0.3) is 5.97 Å². The fourth-order valence-corrected chi connectivity index (χ4v) is 2.13. The van der Waals surface area contributed by atoms with E-state index in [-0.39, 0.29) is 5.41 Å². The number of fused-ring (bicyclic) bond motifs is 3. The highest BCUT2D eigenvalue weighted by Crippen LogP contribution is 2.45. The van der Waals surface area contributed by atoms with Gasteiger partial charge in [-0.3, -0.25) is 0 Å². The number of ether oxygens (including phenoxy) is 3. The van der Waals surface area contributed by atoms with Gasteiger partial charge in [-0.05, 0) is 6.42 Å². The Bertz CT molecular complexity index is 211. The Morgan fingerprint density at radius 3 is 2.21 bits per heavy atom. The van der Waals surface area contributed by atoms with E-state index in [4.69, 9.17) is 14.2 Å². The molecule has 14 heavy (non-hydrogen) atoms. The Balaban J connectivity index is 2.20. The SMILES string of the molecule is CCC1OC2(C(C)(C)C)OCC1CO2. The lowest BCUT2D eigenvalue weighted by atomic mass is 9.88. The molecular formula is C11H20O3. The summed E-state index contributed by atoms with van der Waals surface area (Å²) in [7, 11) is 0. The van der Waals surface area contributed by atoms with Crippen molar-refractivity contribution in [1.29, 1.82) is 0 Å². The van der Waals surface area contributed by atoms with Crippen molar-refractivity contribution < 1.29 is 14.2 Å². The van der Waals surface area contributed by atoms with Gasteiger partial charge in [0.1, 0.15) is 0 Å². The molecule has 3 fully saturated rings. The van der Waals surface area contributed by atoms with E-state index in [9.17, 15) is 0 Å². The molecule has 3 heterocycles. The smallest absolute Gasteiger partial charge is 0.288 e. The average molecular weight is 200 g/mol. The van der Waals surface area contributed by atoms with Crippen molar-refractivity contribution in [3.63, 3.8) is 0 Å². The van der Waals surface area contributed by atoms with E-state index in [0.717, 1.165) is 19.6 Å². The summed E-state index contributed by atoms with van der Waals surface area (Å²) in [5.74, 6) is -0.383. The maximum Gasteiger partial charge on any atom is 0.288 e. The minimum absolute atomic E-state index is 0.133. The molecule has 3 saturated heterocycles. The zero-order valence-electron chi connectivity index (χ0n) is 9.50. The molecule has 0 aromatic heterocycles. The van der Waals surface area contributed by atoms with Crippen LogP contribution < -0.4 is 0 Å². The van der Waals surface area contributed by atoms with E-state index in [1.165, 1.54) is 0 Å². The van der Waals surface area contributed by atoms with Crippen LogP contribution in [0.4, 0.5) is 0 Å². The average Bonchev–Trinajstić information content (AvgIpc) is 2.18. The highest BCUT2D eigenvalue weighted by molar-refractivity contribution is 4.88. The monoisotopic (exact) mass is 200 g/mol. The molecule has 0 amide bonds. The first-order chi connectivity index (χ1) is 6.48. The molecule has 2 bridgehead atoms. The van der Waals surface area contributed by atoms with Gasteiger partial charge in [-0.15, -0.1) is 0 Å². The van der Waals surface area contributed by atoms with Gasteiger partial charge in [0.05, 0.1) is 19.3 Å². The zero-order chi connectivity index (χ0) is 10.4. The van der Waals surface area contributed by atoms with Crippen LogP contribution in [0, 0.1) is 11.3 Å². The summed E-state index contributed by atoms with van der Waals surface area (Å²) in [6, 6.07) is 0. The molecule has 0 aromatic rings. The van der Waals surface area contributed by atoms with Crippen LogP contribution in [0.3, 0.4) is 0 Å². The Morgan fingerprint density at radius 2 is 1.79 bits per heavy atom.